The number of anilines is 1. The van der Waals surface area contributed by atoms with Crippen LogP contribution in [0.25, 0.3) is 0 Å². The van der Waals surface area contributed by atoms with Crippen molar-refractivity contribution in [2.24, 2.45) is 5.92 Å². The molecule has 1 unspecified atom stereocenters. The SMILES string of the molecule is COc1ccc([Si](C)(C)[C@@H]2[C@@H](CCn3cc(C(CO)c4ccccc4)nn3)O[C@]3(C(=O)N(Cc4ccc(I)cc4)c4ccccc43)[C@H]2C)cc1. The molecule has 1 amide bonds. The quantitative estimate of drug-likeness (QED) is 0.116. The number of fused-ring (bicyclic) bond motifs is 2. The number of aryl methyl sites for hydroxylation is 1. The summed E-state index contributed by atoms with van der Waals surface area (Å²) in [4.78, 5) is 16.9. The molecule has 1 saturated heterocycles. The fourth-order valence-corrected chi connectivity index (χ4v) is 12.8. The van der Waals surface area contributed by atoms with Gasteiger partial charge in [0.25, 0.3) is 5.91 Å². The highest BCUT2D eigenvalue weighted by Crippen LogP contribution is 2.60. The molecule has 50 heavy (non-hydrogen) atoms. The van der Waals surface area contributed by atoms with Crippen molar-refractivity contribution in [3.8, 4) is 5.75 Å². The van der Waals surface area contributed by atoms with E-state index in [1.54, 1.807) is 7.11 Å². The second kappa shape index (κ2) is 14.1. The summed E-state index contributed by atoms with van der Waals surface area (Å²) in [5.74, 6) is 0.493. The van der Waals surface area contributed by atoms with Crippen LogP contribution in [0.15, 0.2) is 109 Å². The molecule has 10 heteroatoms. The van der Waals surface area contributed by atoms with Gasteiger partial charge >= 0.3 is 0 Å². The number of halogens is 1. The van der Waals surface area contributed by atoms with Crippen LogP contribution in [0.5, 0.6) is 5.75 Å². The molecule has 1 aromatic heterocycles. The molecule has 0 saturated carbocycles. The summed E-state index contributed by atoms with van der Waals surface area (Å²) in [5.41, 5.74) is 3.69. The Kier molecular flexibility index (Phi) is 9.72. The average molecular weight is 799 g/mol. The third-order valence-corrected chi connectivity index (χ3v) is 16.0. The summed E-state index contributed by atoms with van der Waals surface area (Å²) in [6.45, 7) is 8.02. The summed E-state index contributed by atoms with van der Waals surface area (Å²) >= 11 is 2.31. The number of benzene rings is 4. The number of amides is 1. The van der Waals surface area contributed by atoms with Crippen LogP contribution in [-0.2, 0) is 28.2 Å². The van der Waals surface area contributed by atoms with Crippen molar-refractivity contribution >= 4 is 47.4 Å². The van der Waals surface area contributed by atoms with Gasteiger partial charge in [-0.1, -0.05) is 103 Å². The highest BCUT2D eigenvalue weighted by atomic mass is 127. The maximum Gasteiger partial charge on any atom is 0.264 e. The first-order chi connectivity index (χ1) is 24.2. The van der Waals surface area contributed by atoms with Gasteiger partial charge in [0.1, 0.15) is 5.75 Å². The van der Waals surface area contributed by atoms with Gasteiger partial charge in [0.2, 0.25) is 0 Å². The number of aliphatic hydroxyl groups is 1. The molecular weight excluding hydrogens is 755 g/mol. The molecule has 7 rings (SSSR count). The molecule has 258 valence electrons. The number of hydrogen-bond donors (Lipinski definition) is 1. The Morgan fingerprint density at radius 3 is 2.38 bits per heavy atom. The molecule has 1 N–H and O–H groups in total. The molecule has 1 fully saturated rings. The molecule has 5 aromatic rings. The van der Waals surface area contributed by atoms with Gasteiger partial charge in [0, 0.05) is 27.8 Å². The van der Waals surface area contributed by atoms with Crippen LogP contribution in [0.3, 0.4) is 0 Å². The van der Waals surface area contributed by atoms with Crippen molar-refractivity contribution in [3.05, 3.63) is 135 Å². The Bertz CT molecular complexity index is 1950. The topological polar surface area (TPSA) is 89.7 Å². The second-order valence-corrected chi connectivity index (χ2v) is 20.0. The second-order valence-electron chi connectivity index (χ2n) is 14.0. The summed E-state index contributed by atoms with van der Waals surface area (Å²) in [5, 5.41) is 20.5. The number of hydrogen-bond acceptors (Lipinski definition) is 6. The monoisotopic (exact) mass is 798 g/mol. The highest BCUT2D eigenvalue weighted by Gasteiger charge is 2.66. The zero-order valence-electron chi connectivity index (χ0n) is 28.9. The molecule has 4 aromatic carbocycles. The van der Waals surface area contributed by atoms with Gasteiger partial charge in [-0.05, 0) is 76.0 Å². The summed E-state index contributed by atoms with van der Waals surface area (Å²) in [6.07, 6.45) is 2.38. The van der Waals surface area contributed by atoms with E-state index in [2.05, 4.69) is 101 Å². The lowest BCUT2D eigenvalue weighted by Gasteiger charge is -2.37. The minimum atomic E-state index is -2.29. The Hall–Kier alpha value is -3.84. The van der Waals surface area contributed by atoms with Crippen molar-refractivity contribution in [2.45, 2.75) is 62.7 Å². The van der Waals surface area contributed by atoms with Gasteiger partial charge in [-0.2, -0.15) is 0 Å². The lowest BCUT2D eigenvalue weighted by Crippen LogP contribution is -2.51. The van der Waals surface area contributed by atoms with Crippen LogP contribution < -0.4 is 14.8 Å². The molecular formula is C40H43IN4O4Si. The Balaban J connectivity index is 1.24. The maximum atomic E-state index is 15.0. The summed E-state index contributed by atoms with van der Waals surface area (Å²) in [6, 6.07) is 34.9. The molecule has 0 bridgehead atoms. The van der Waals surface area contributed by atoms with Gasteiger partial charge in [-0.15, -0.1) is 5.10 Å². The number of carbonyl (C=O) groups excluding carboxylic acids is 1. The van der Waals surface area contributed by atoms with Gasteiger partial charge in [-0.3, -0.25) is 9.48 Å². The smallest absolute Gasteiger partial charge is 0.264 e. The van der Waals surface area contributed by atoms with Crippen molar-refractivity contribution in [3.63, 3.8) is 0 Å². The van der Waals surface area contributed by atoms with E-state index in [4.69, 9.17) is 9.47 Å². The molecule has 0 radical (unpaired) electrons. The fourth-order valence-electron chi connectivity index (χ4n) is 8.36. The van der Waals surface area contributed by atoms with E-state index >= 15 is 0 Å². The molecule has 2 aliphatic rings. The van der Waals surface area contributed by atoms with E-state index in [0.717, 1.165) is 37.4 Å². The van der Waals surface area contributed by atoms with E-state index in [1.165, 1.54) is 5.19 Å². The maximum absolute atomic E-state index is 15.0. The third-order valence-electron chi connectivity index (χ3n) is 10.9. The molecule has 3 heterocycles. The van der Waals surface area contributed by atoms with Crippen LogP contribution in [0.1, 0.15) is 41.6 Å². The van der Waals surface area contributed by atoms with Crippen molar-refractivity contribution in [1.82, 2.24) is 15.0 Å². The van der Waals surface area contributed by atoms with Crippen molar-refractivity contribution < 1.29 is 19.4 Å². The van der Waals surface area contributed by atoms with Gasteiger partial charge in [-0.25, -0.2) is 0 Å². The number of para-hydroxylation sites is 1. The summed E-state index contributed by atoms with van der Waals surface area (Å²) < 4.78 is 15.8. The lowest BCUT2D eigenvalue weighted by atomic mass is 9.82. The zero-order valence-corrected chi connectivity index (χ0v) is 32.0. The predicted molar refractivity (Wildman–Crippen MR) is 206 cm³/mol. The number of carbonyl (C=O) groups is 1. The van der Waals surface area contributed by atoms with Crippen LogP contribution in [-0.4, -0.2) is 53.9 Å². The minimum Gasteiger partial charge on any atom is -0.497 e. The van der Waals surface area contributed by atoms with Gasteiger partial charge < -0.3 is 19.5 Å². The van der Waals surface area contributed by atoms with Crippen LogP contribution >= 0.6 is 22.6 Å². The van der Waals surface area contributed by atoms with Gasteiger partial charge in [0.15, 0.2) is 5.60 Å². The molecule has 5 atom stereocenters. The van der Waals surface area contributed by atoms with E-state index < -0.39 is 13.7 Å². The average Bonchev–Trinajstić information content (AvgIpc) is 3.79. The van der Waals surface area contributed by atoms with Crippen molar-refractivity contribution in [1.29, 1.82) is 0 Å². The predicted octanol–water partition coefficient (Wildman–Crippen LogP) is 6.87. The Morgan fingerprint density at radius 2 is 1.68 bits per heavy atom. The number of methoxy groups -OCH3 is 1. The highest BCUT2D eigenvalue weighted by molar-refractivity contribution is 14.1. The number of rotatable bonds is 11. The Morgan fingerprint density at radius 1 is 0.980 bits per heavy atom. The van der Waals surface area contributed by atoms with Crippen LogP contribution in [0, 0.1) is 9.49 Å². The zero-order chi connectivity index (χ0) is 35.0. The lowest BCUT2D eigenvalue weighted by molar-refractivity contribution is -0.146. The number of aromatic nitrogens is 3. The normalized spacial score (nSPS) is 22.2. The first kappa shape index (κ1) is 34.6. The van der Waals surface area contributed by atoms with Gasteiger partial charge in [0.05, 0.1) is 51.7 Å². The van der Waals surface area contributed by atoms with E-state index in [9.17, 15) is 9.90 Å². The van der Waals surface area contributed by atoms with E-state index in [1.807, 2.05) is 70.4 Å². The van der Waals surface area contributed by atoms with E-state index in [-0.39, 0.29) is 36.0 Å². The first-order valence-corrected chi connectivity index (χ1v) is 21.4. The standard InChI is InChI=1S/C40H43IN4O4Si/c1-27-38(50(3,4)32-20-18-31(48-2)19-21-32)37(22-23-44-25-35(42-43-44)33(26-46)29-10-6-5-7-11-29)49-40(27)34-12-8-9-13-36(34)45(39(40)47)24-28-14-16-30(41)17-15-28/h5-21,25,27,33,37-38,46H,22-24,26H2,1-4H3/t27-,33?,37+,38-,40+/m0/s1. The minimum absolute atomic E-state index is 0.00784. The van der Waals surface area contributed by atoms with Crippen LogP contribution in [0.4, 0.5) is 5.69 Å². The number of ether oxygens (including phenoxy) is 2. The van der Waals surface area contributed by atoms with Crippen molar-refractivity contribution in [2.75, 3.05) is 18.6 Å². The molecule has 2 aliphatic heterocycles. The largest absolute Gasteiger partial charge is 0.497 e. The molecule has 8 nitrogen and oxygen atoms in total. The number of nitrogens with zero attached hydrogens (tertiary/aromatic N) is 4. The third kappa shape index (κ3) is 6.10. The fraction of sp³-hybridized carbons (Fsp3) is 0.325. The van der Waals surface area contributed by atoms with E-state index in [0.29, 0.717) is 19.5 Å². The number of aliphatic hydroxyl groups excluding tert-OH is 1. The Labute approximate surface area is 308 Å². The first-order valence-electron chi connectivity index (χ1n) is 17.2. The molecule has 1 spiro atoms. The van der Waals surface area contributed by atoms with Crippen LogP contribution in [0.2, 0.25) is 18.6 Å². The summed E-state index contributed by atoms with van der Waals surface area (Å²) in [7, 11) is -0.598. The molecule has 0 aliphatic carbocycles.